The highest BCUT2D eigenvalue weighted by Gasteiger charge is 2.26. The summed E-state index contributed by atoms with van der Waals surface area (Å²) in [4.78, 5) is 1.34. The van der Waals surface area contributed by atoms with Gasteiger partial charge in [0.25, 0.3) is 0 Å². The van der Waals surface area contributed by atoms with Crippen LogP contribution in [0.3, 0.4) is 0 Å². The number of nitrogens with one attached hydrogen (secondary N) is 1. The summed E-state index contributed by atoms with van der Waals surface area (Å²) in [6.45, 7) is 8.79. The van der Waals surface area contributed by atoms with Crippen molar-refractivity contribution >= 4 is 11.3 Å². The summed E-state index contributed by atoms with van der Waals surface area (Å²) < 4.78 is 2.23. The SMILES string of the molecule is CC(C)(C)n1nc2c(c1-c1cccs1)CCNCC2. The van der Waals surface area contributed by atoms with Crippen LogP contribution in [0.15, 0.2) is 17.5 Å². The second-order valence-corrected chi connectivity index (χ2v) is 7.03. The Morgan fingerprint density at radius 3 is 2.74 bits per heavy atom. The van der Waals surface area contributed by atoms with E-state index in [1.165, 1.54) is 21.8 Å². The van der Waals surface area contributed by atoms with E-state index >= 15 is 0 Å². The number of rotatable bonds is 1. The molecule has 2 aromatic heterocycles. The van der Waals surface area contributed by atoms with E-state index in [0.29, 0.717) is 0 Å². The molecule has 1 aliphatic heterocycles. The van der Waals surface area contributed by atoms with Gasteiger partial charge < -0.3 is 5.32 Å². The number of fused-ring (bicyclic) bond motifs is 1. The highest BCUT2D eigenvalue weighted by atomic mass is 32.1. The van der Waals surface area contributed by atoms with Crippen molar-refractivity contribution in [2.45, 2.75) is 39.2 Å². The zero-order chi connectivity index (χ0) is 13.5. The quantitative estimate of drug-likeness (QED) is 0.867. The number of nitrogens with zero attached hydrogens (tertiary/aromatic N) is 2. The molecule has 0 atom stereocenters. The van der Waals surface area contributed by atoms with Gasteiger partial charge in [-0.3, -0.25) is 4.68 Å². The van der Waals surface area contributed by atoms with Crippen molar-refractivity contribution in [1.29, 1.82) is 0 Å². The van der Waals surface area contributed by atoms with Gasteiger partial charge in [-0.1, -0.05) is 6.07 Å². The zero-order valence-electron chi connectivity index (χ0n) is 11.9. The minimum Gasteiger partial charge on any atom is -0.316 e. The van der Waals surface area contributed by atoms with Crippen LogP contribution < -0.4 is 5.32 Å². The molecule has 3 heterocycles. The molecule has 0 fully saturated rings. The minimum atomic E-state index is 0.0267. The van der Waals surface area contributed by atoms with Gasteiger partial charge in [0.1, 0.15) is 0 Å². The molecule has 0 saturated heterocycles. The number of thiophene rings is 1. The van der Waals surface area contributed by atoms with Crippen LogP contribution in [0.2, 0.25) is 0 Å². The lowest BCUT2D eigenvalue weighted by Crippen LogP contribution is -2.25. The summed E-state index contributed by atoms with van der Waals surface area (Å²) in [6, 6.07) is 4.34. The number of aromatic nitrogens is 2. The van der Waals surface area contributed by atoms with Crippen LogP contribution in [0.5, 0.6) is 0 Å². The first-order valence-electron chi connectivity index (χ1n) is 6.93. The Morgan fingerprint density at radius 2 is 2.05 bits per heavy atom. The summed E-state index contributed by atoms with van der Waals surface area (Å²) in [5, 5.41) is 10.5. The van der Waals surface area contributed by atoms with Crippen molar-refractivity contribution < 1.29 is 0 Å². The molecule has 19 heavy (non-hydrogen) atoms. The van der Waals surface area contributed by atoms with Gasteiger partial charge in [0.15, 0.2) is 0 Å². The molecule has 0 saturated carbocycles. The largest absolute Gasteiger partial charge is 0.316 e. The highest BCUT2D eigenvalue weighted by Crippen LogP contribution is 2.34. The third-order valence-electron chi connectivity index (χ3n) is 3.55. The van der Waals surface area contributed by atoms with E-state index in [1.54, 1.807) is 0 Å². The third kappa shape index (κ3) is 2.35. The van der Waals surface area contributed by atoms with Crippen molar-refractivity contribution in [3.8, 4) is 10.6 Å². The van der Waals surface area contributed by atoms with Gasteiger partial charge in [-0.15, -0.1) is 11.3 Å². The molecule has 0 amide bonds. The molecular weight excluding hydrogens is 254 g/mol. The van der Waals surface area contributed by atoms with Crippen LogP contribution in [0.4, 0.5) is 0 Å². The topological polar surface area (TPSA) is 29.9 Å². The Hall–Kier alpha value is -1.13. The van der Waals surface area contributed by atoms with E-state index in [9.17, 15) is 0 Å². The van der Waals surface area contributed by atoms with E-state index in [0.717, 1.165) is 25.9 Å². The Morgan fingerprint density at radius 1 is 1.26 bits per heavy atom. The summed E-state index contributed by atoms with van der Waals surface area (Å²) in [6.07, 6.45) is 2.12. The minimum absolute atomic E-state index is 0.0267. The fraction of sp³-hybridized carbons (Fsp3) is 0.533. The highest BCUT2D eigenvalue weighted by molar-refractivity contribution is 7.13. The van der Waals surface area contributed by atoms with Crippen molar-refractivity contribution in [3.05, 3.63) is 28.8 Å². The summed E-state index contributed by atoms with van der Waals surface area (Å²) in [5.41, 5.74) is 4.09. The Balaban J connectivity index is 2.20. The van der Waals surface area contributed by atoms with Crippen LogP contribution in [-0.4, -0.2) is 22.9 Å². The maximum absolute atomic E-state index is 4.92. The Bertz CT molecular complexity index is 561. The van der Waals surface area contributed by atoms with E-state index in [1.807, 2.05) is 11.3 Å². The van der Waals surface area contributed by atoms with Crippen LogP contribution in [0.25, 0.3) is 10.6 Å². The molecule has 102 valence electrons. The monoisotopic (exact) mass is 275 g/mol. The molecular formula is C15H21N3S. The van der Waals surface area contributed by atoms with E-state index in [-0.39, 0.29) is 5.54 Å². The molecule has 0 aliphatic carbocycles. The number of hydrogen-bond donors (Lipinski definition) is 1. The maximum Gasteiger partial charge on any atom is 0.0823 e. The van der Waals surface area contributed by atoms with E-state index < -0.39 is 0 Å². The maximum atomic E-state index is 4.92. The van der Waals surface area contributed by atoms with Gasteiger partial charge in [0, 0.05) is 18.5 Å². The molecule has 0 radical (unpaired) electrons. The summed E-state index contributed by atoms with van der Waals surface area (Å²) >= 11 is 1.81. The first-order chi connectivity index (χ1) is 9.07. The first kappa shape index (κ1) is 12.9. The average molecular weight is 275 g/mol. The second kappa shape index (κ2) is 4.76. The van der Waals surface area contributed by atoms with Crippen LogP contribution in [0, 0.1) is 0 Å². The number of hydrogen-bond acceptors (Lipinski definition) is 3. The Kier molecular flexibility index (Phi) is 3.23. The first-order valence-corrected chi connectivity index (χ1v) is 7.81. The van der Waals surface area contributed by atoms with Crippen LogP contribution >= 0.6 is 11.3 Å². The fourth-order valence-corrected chi connectivity index (χ4v) is 3.44. The van der Waals surface area contributed by atoms with Gasteiger partial charge in [-0.05, 0) is 45.2 Å². The van der Waals surface area contributed by atoms with E-state index in [2.05, 4.69) is 48.3 Å². The standard InChI is InChI=1S/C15H21N3S/c1-15(2,3)18-14(13-5-4-10-19-13)11-6-8-16-9-7-12(11)17-18/h4-5,10,16H,6-9H2,1-3H3. The molecule has 3 rings (SSSR count). The fourth-order valence-electron chi connectivity index (χ4n) is 2.66. The van der Waals surface area contributed by atoms with Gasteiger partial charge >= 0.3 is 0 Å². The summed E-state index contributed by atoms with van der Waals surface area (Å²) in [7, 11) is 0. The van der Waals surface area contributed by atoms with Crippen LogP contribution in [-0.2, 0) is 18.4 Å². The molecule has 4 heteroatoms. The second-order valence-electron chi connectivity index (χ2n) is 6.08. The Labute approximate surface area is 118 Å². The predicted octanol–water partition coefficient (Wildman–Crippen LogP) is 3.05. The predicted molar refractivity (Wildman–Crippen MR) is 80.8 cm³/mol. The molecule has 2 aromatic rings. The molecule has 1 aliphatic rings. The third-order valence-corrected chi connectivity index (χ3v) is 4.42. The lowest BCUT2D eigenvalue weighted by atomic mass is 10.0. The molecule has 0 unspecified atom stereocenters. The lowest BCUT2D eigenvalue weighted by molar-refractivity contribution is 0.357. The van der Waals surface area contributed by atoms with Crippen molar-refractivity contribution in [2.24, 2.45) is 0 Å². The van der Waals surface area contributed by atoms with Gasteiger partial charge in [0.05, 0.1) is 21.8 Å². The van der Waals surface area contributed by atoms with Crippen molar-refractivity contribution in [2.75, 3.05) is 13.1 Å². The van der Waals surface area contributed by atoms with Crippen molar-refractivity contribution in [3.63, 3.8) is 0 Å². The summed E-state index contributed by atoms with van der Waals surface area (Å²) in [5.74, 6) is 0. The van der Waals surface area contributed by atoms with Crippen LogP contribution in [0.1, 0.15) is 32.0 Å². The van der Waals surface area contributed by atoms with Crippen molar-refractivity contribution in [1.82, 2.24) is 15.1 Å². The van der Waals surface area contributed by atoms with Gasteiger partial charge in [0.2, 0.25) is 0 Å². The molecule has 0 aromatic carbocycles. The molecule has 0 spiro atoms. The van der Waals surface area contributed by atoms with E-state index in [4.69, 9.17) is 5.10 Å². The smallest absolute Gasteiger partial charge is 0.0823 e. The molecule has 0 bridgehead atoms. The van der Waals surface area contributed by atoms with Gasteiger partial charge in [-0.25, -0.2) is 0 Å². The normalized spacial score (nSPS) is 16.2. The average Bonchev–Trinajstić information content (AvgIpc) is 2.91. The van der Waals surface area contributed by atoms with Gasteiger partial charge in [-0.2, -0.15) is 5.10 Å². The zero-order valence-corrected chi connectivity index (χ0v) is 12.7. The molecule has 3 nitrogen and oxygen atoms in total. The lowest BCUT2D eigenvalue weighted by Gasteiger charge is -2.22. The molecule has 1 N–H and O–H groups in total.